The van der Waals surface area contributed by atoms with Crippen LogP contribution < -0.4 is 5.43 Å². The number of hydrogen-bond acceptors (Lipinski definition) is 8. The molecule has 0 aliphatic carbocycles. The second kappa shape index (κ2) is 10.7. The summed E-state index contributed by atoms with van der Waals surface area (Å²) in [6.45, 7) is 3.67. The van der Waals surface area contributed by atoms with Crippen molar-refractivity contribution >= 4 is 23.4 Å². The quantitative estimate of drug-likeness (QED) is 0.430. The van der Waals surface area contributed by atoms with Gasteiger partial charge in [0.1, 0.15) is 11.7 Å². The molecule has 2 heterocycles. The van der Waals surface area contributed by atoms with Crippen LogP contribution in [0.3, 0.4) is 0 Å². The van der Waals surface area contributed by atoms with Crippen LogP contribution in [-0.2, 0) is 29.5 Å². The Balaban J connectivity index is 1.73. The predicted octanol–water partition coefficient (Wildman–Crippen LogP) is 4.30. The third-order valence-electron chi connectivity index (χ3n) is 6.83. The Labute approximate surface area is 221 Å². The lowest BCUT2D eigenvalue weighted by molar-refractivity contribution is -0.175. The van der Waals surface area contributed by atoms with Crippen LogP contribution in [0.2, 0.25) is 0 Å². The van der Waals surface area contributed by atoms with E-state index in [0.29, 0.717) is 22.6 Å². The molecule has 8 heteroatoms. The standard InChI is InChI=1S/C30H30N2O6/c1-3-36-28(33)24-23-25(29(34)37-4-2)30(35,21-16-10-6-11-17-21)32(31-22-18-12-7-13-19-22)27(23)38-26(24)20-14-8-5-9-15-20/h5-19,23,25,27,31,35H,3-4H2,1-2H3/t23-,25+,27-,30-/m0/s1. The molecular weight excluding hydrogens is 484 g/mol. The van der Waals surface area contributed by atoms with Crippen molar-refractivity contribution in [2.75, 3.05) is 18.6 Å². The van der Waals surface area contributed by atoms with Gasteiger partial charge in [0, 0.05) is 16.8 Å². The van der Waals surface area contributed by atoms with Gasteiger partial charge in [-0.2, -0.15) is 0 Å². The normalized spacial score (nSPS) is 24.4. The van der Waals surface area contributed by atoms with Crippen LogP contribution in [0.1, 0.15) is 25.0 Å². The van der Waals surface area contributed by atoms with Crippen LogP contribution in [0, 0.1) is 11.8 Å². The van der Waals surface area contributed by atoms with Gasteiger partial charge < -0.3 is 24.7 Å². The molecule has 196 valence electrons. The summed E-state index contributed by atoms with van der Waals surface area (Å²) in [7, 11) is 0. The number of hydrogen-bond donors (Lipinski definition) is 2. The van der Waals surface area contributed by atoms with Crippen molar-refractivity contribution in [3.63, 3.8) is 0 Å². The van der Waals surface area contributed by atoms with E-state index in [1.54, 1.807) is 38.1 Å². The molecule has 3 aromatic carbocycles. The maximum absolute atomic E-state index is 13.7. The third kappa shape index (κ3) is 4.31. The number of carbonyl (C=O) groups is 2. The highest BCUT2D eigenvalue weighted by Crippen LogP contribution is 2.56. The van der Waals surface area contributed by atoms with Gasteiger partial charge in [-0.3, -0.25) is 4.79 Å². The molecule has 0 radical (unpaired) electrons. The van der Waals surface area contributed by atoms with Gasteiger partial charge in [-0.05, 0) is 26.0 Å². The number of benzene rings is 3. The van der Waals surface area contributed by atoms with E-state index >= 15 is 0 Å². The number of esters is 2. The number of aliphatic hydroxyl groups is 1. The van der Waals surface area contributed by atoms with Gasteiger partial charge in [0.15, 0.2) is 12.0 Å². The van der Waals surface area contributed by atoms with Crippen molar-refractivity contribution in [3.05, 3.63) is 108 Å². The summed E-state index contributed by atoms with van der Waals surface area (Å²) >= 11 is 0. The first-order valence-corrected chi connectivity index (χ1v) is 12.7. The lowest BCUT2D eigenvalue weighted by Crippen LogP contribution is -2.53. The first-order valence-electron chi connectivity index (χ1n) is 12.7. The number of hydrazine groups is 1. The summed E-state index contributed by atoms with van der Waals surface area (Å²) in [6, 6.07) is 27.3. The van der Waals surface area contributed by atoms with Crippen molar-refractivity contribution in [1.29, 1.82) is 0 Å². The topological polar surface area (TPSA) is 97.3 Å². The van der Waals surface area contributed by atoms with Gasteiger partial charge in [-0.1, -0.05) is 78.9 Å². The Bertz CT molecular complexity index is 1310. The van der Waals surface area contributed by atoms with Crippen molar-refractivity contribution in [2.24, 2.45) is 11.8 Å². The Morgan fingerprint density at radius 1 is 0.895 bits per heavy atom. The van der Waals surface area contributed by atoms with Gasteiger partial charge in [-0.25, -0.2) is 4.79 Å². The van der Waals surface area contributed by atoms with E-state index in [1.165, 1.54) is 5.01 Å². The number of anilines is 1. The van der Waals surface area contributed by atoms with Gasteiger partial charge in [0.2, 0.25) is 0 Å². The van der Waals surface area contributed by atoms with Crippen LogP contribution >= 0.6 is 0 Å². The smallest absolute Gasteiger partial charge is 0.338 e. The third-order valence-corrected chi connectivity index (χ3v) is 6.83. The minimum atomic E-state index is -1.93. The second-order valence-electron chi connectivity index (χ2n) is 9.03. The fraction of sp³-hybridized carbons (Fsp3) is 0.267. The minimum absolute atomic E-state index is 0.106. The van der Waals surface area contributed by atoms with E-state index in [9.17, 15) is 14.7 Å². The van der Waals surface area contributed by atoms with E-state index < -0.39 is 35.7 Å². The SMILES string of the molecule is CCOC(=O)C1=C(c2ccccc2)O[C@H]2[C@@H]1[C@H](C(=O)OCC)[C@@](O)(c1ccccc1)N2Nc1ccccc1. The van der Waals surface area contributed by atoms with E-state index in [0.717, 1.165) is 0 Å². The van der Waals surface area contributed by atoms with Crippen LogP contribution in [0.25, 0.3) is 5.76 Å². The zero-order chi connectivity index (χ0) is 26.7. The van der Waals surface area contributed by atoms with Crippen molar-refractivity contribution in [2.45, 2.75) is 25.8 Å². The number of rotatable bonds is 8. The molecule has 2 N–H and O–H groups in total. The summed E-state index contributed by atoms with van der Waals surface area (Å²) in [5, 5.41) is 14.1. The van der Waals surface area contributed by atoms with Gasteiger partial charge in [0.05, 0.1) is 24.7 Å². The molecule has 0 unspecified atom stereocenters. The zero-order valence-corrected chi connectivity index (χ0v) is 21.2. The molecule has 2 aliphatic rings. The monoisotopic (exact) mass is 514 g/mol. The Hall–Kier alpha value is -4.14. The molecule has 0 spiro atoms. The molecular formula is C30H30N2O6. The maximum Gasteiger partial charge on any atom is 0.338 e. The highest BCUT2D eigenvalue weighted by Gasteiger charge is 2.69. The molecule has 1 fully saturated rings. The van der Waals surface area contributed by atoms with Crippen LogP contribution in [-0.4, -0.2) is 41.5 Å². The number of carbonyl (C=O) groups excluding carboxylic acids is 2. The first-order chi connectivity index (χ1) is 18.5. The van der Waals surface area contributed by atoms with E-state index in [2.05, 4.69) is 5.43 Å². The Morgan fingerprint density at radius 2 is 1.47 bits per heavy atom. The number of ether oxygens (including phenoxy) is 3. The summed E-state index contributed by atoms with van der Waals surface area (Å²) < 4.78 is 17.4. The molecule has 3 aromatic rings. The molecule has 0 amide bonds. The minimum Gasteiger partial charge on any atom is -0.471 e. The summed E-state index contributed by atoms with van der Waals surface area (Å²) in [5.41, 5.74) is 3.30. The lowest BCUT2D eigenvalue weighted by Gasteiger charge is -2.39. The first kappa shape index (κ1) is 25.5. The number of nitrogens with one attached hydrogen (secondary N) is 1. The average Bonchev–Trinajstić information content (AvgIpc) is 3.43. The number of nitrogens with zero attached hydrogens (tertiary/aromatic N) is 1. The van der Waals surface area contributed by atoms with Crippen LogP contribution in [0.15, 0.2) is 96.6 Å². The number of para-hydroxylation sites is 1. The molecule has 0 saturated carbocycles. The molecule has 0 aromatic heterocycles. The van der Waals surface area contributed by atoms with Crippen LogP contribution in [0.5, 0.6) is 0 Å². The molecule has 8 nitrogen and oxygen atoms in total. The molecule has 1 saturated heterocycles. The fourth-order valence-corrected chi connectivity index (χ4v) is 5.29. The lowest BCUT2D eigenvalue weighted by atomic mass is 9.79. The van der Waals surface area contributed by atoms with Gasteiger partial charge in [-0.15, -0.1) is 5.01 Å². The molecule has 0 bridgehead atoms. The average molecular weight is 515 g/mol. The Morgan fingerprint density at radius 3 is 2.08 bits per heavy atom. The molecule has 2 aliphatic heterocycles. The maximum atomic E-state index is 13.7. The predicted molar refractivity (Wildman–Crippen MR) is 141 cm³/mol. The Kier molecular flexibility index (Phi) is 7.18. The molecule has 4 atom stereocenters. The fourth-order valence-electron chi connectivity index (χ4n) is 5.29. The van der Waals surface area contributed by atoms with Crippen molar-refractivity contribution in [1.82, 2.24) is 5.01 Å². The second-order valence-corrected chi connectivity index (χ2v) is 9.03. The molecule has 38 heavy (non-hydrogen) atoms. The summed E-state index contributed by atoms with van der Waals surface area (Å²) in [6.07, 6.45) is -0.940. The largest absolute Gasteiger partial charge is 0.471 e. The summed E-state index contributed by atoms with van der Waals surface area (Å²) in [4.78, 5) is 27.2. The summed E-state index contributed by atoms with van der Waals surface area (Å²) in [5.74, 6) is -3.06. The van der Waals surface area contributed by atoms with Gasteiger partial charge in [0.25, 0.3) is 0 Å². The van der Waals surface area contributed by atoms with Crippen molar-refractivity contribution < 1.29 is 28.9 Å². The van der Waals surface area contributed by atoms with E-state index in [-0.39, 0.29) is 18.8 Å². The van der Waals surface area contributed by atoms with E-state index in [4.69, 9.17) is 14.2 Å². The highest BCUT2D eigenvalue weighted by molar-refractivity contribution is 5.99. The molecule has 5 rings (SSSR count). The van der Waals surface area contributed by atoms with E-state index in [1.807, 2.05) is 66.7 Å². The number of fused-ring (bicyclic) bond motifs is 1. The van der Waals surface area contributed by atoms with Gasteiger partial charge >= 0.3 is 11.9 Å². The van der Waals surface area contributed by atoms with Crippen LogP contribution in [0.4, 0.5) is 5.69 Å². The highest BCUT2D eigenvalue weighted by atomic mass is 16.6. The van der Waals surface area contributed by atoms with Crippen molar-refractivity contribution in [3.8, 4) is 0 Å². The zero-order valence-electron chi connectivity index (χ0n) is 21.2.